The molecular weight excluding hydrogens is 232 g/mol. The molecule has 0 bridgehead atoms. The lowest BCUT2D eigenvalue weighted by molar-refractivity contribution is 0.0557. The summed E-state index contributed by atoms with van der Waals surface area (Å²) in [7, 11) is 1.26. The number of esters is 1. The molecule has 0 radical (unpaired) electrons. The van der Waals surface area contributed by atoms with Gasteiger partial charge in [0.05, 0.1) is 7.11 Å². The van der Waals surface area contributed by atoms with Gasteiger partial charge in [0.2, 0.25) is 5.76 Å². The molecule has 2 aromatic rings. The SMILES string of the molecule is COC(=O)c1ccc(C(O)c2csnn2)o1. The van der Waals surface area contributed by atoms with E-state index in [0.29, 0.717) is 5.69 Å². The van der Waals surface area contributed by atoms with E-state index in [9.17, 15) is 9.90 Å². The Bertz CT molecular complexity index is 479. The van der Waals surface area contributed by atoms with Crippen molar-refractivity contribution in [1.29, 1.82) is 0 Å². The molecule has 2 aromatic heterocycles. The second-order valence-corrected chi connectivity index (χ2v) is 3.54. The number of furan rings is 1. The quantitative estimate of drug-likeness (QED) is 0.805. The van der Waals surface area contributed by atoms with Crippen LogP contribution in [-0.2, 0) is 4.74 Å². The van der Waals surface area contributed by atoms with Crippen LogP contribution in [0.1, 0.15) is 28.1 Å². The maximum absolute atomic E-state index is 11.1. The Kier molecular flexibility index (Phi) is 2.97. The molecule has 2 rings (SSSR count). The van der Waals surface area contributed by atoms with Gasteiger partial charge < -0.3 is 14.3 Å². The maximum atomic E-state index is 11.1. The molecule has 0 saturated carbocycles. The number of hydrogen-bond donors (Lipinski definition) is 1. The molecule has 0 amide bonds. The van der Waals surface area contributed by atoms with Crippen LogP contribution in [0.5, 0.6) is 0 Å². The Morgan fingerprint density at radius 1 is 1.62 bits per heavy atom. The number of rotatable bonds is 3. The molecule has 0 aliphatic carbocycles. The molecule has 0 fully saturated rings. The number of aliphatic hydroxyl groups is 1. The van der Waals surface area contributed by atoms with E-state index in [1.54, 1.807) is 5.38 Å². The van der Waals surface area contributed by atoms with Gasteiger partial charge in [-0.25, -0.2) is 4.79 Å². The molecule has 0 aromatic carbocycles. The predicted molar refractivity (Wildman–Crippen MR) is 54.0 cm³/mol. The van der Waals surface area contributed by atoms with Crippen LogP contribution in [-0.4, -0.2) is 27.8 Å². The molecule has 2 heterocycles. The fourth-order valence-electron chi connectivity index (χ4n) is 1.15. The zero-order valence-electron chi connectivity index (χ0n) is 8.28. The summed E-state index contributed by atoms with van der Waals surface area (Å²) >= 11 is 1.13. The zero-order chi connectivity index (χ0) is 11.5. The third-order valence-electron chi connectivity index (χ3n) is 1.94. The van der Waals surface area contributed by atoms with Crippen molar-refractivity contribution < 1.29 is 19.1 Å². The van der Waals surface area contributed by atoms with Gasteiger partial charge in [0.25, 0.3) is 0 Å². The van der Waals surface area contributed by atoms with Gasteiger partial charge in [0.1, 0.15) is 11.5 Å². The molecule has 0 aliphatic rings. The minimum Gasteiger partial charge on any atom is -0.463 e. The first kappa shape index (κ1) is 10.8. The lowest BCUT2D eigenvalue weighted by atomic mass is 10.2. The Balaban J connectivity index is 2.22. The summed E-state index contributed by atoms with van der Waals surface area (Å²) in [5, 5.41) is 15.1. The van der Waals surface area contributed by atoms with Crippen LogP contribution < -0.4 is 0 Å². The van der Waals surface area contributed by atoms with Crippen LogP contribution in [0.4, 0.5) is 0 Å². The van der Waals surface area contributed by atoms with Crippen LogP contribution >= 0.6 is 11.5 Å². The fraction of sp³-hybridized carbons (Fsp3) is 0.222. The van der Waals surface area contributed by atoms with Crippen molar-refractivity contribution in [3.63, 3.8) is 0 Å². The molecule has 1 unspecified atom stereocenters. The van der Waals surface area contributed by atoms with Crippen molar-refractivity contribution in [3.8, 4) is 0 Å². The summed E-state index contributed by atoms with van der Waals surface area (Å²) in [5.74, 6) is -0.317. The highest BCUT2D eigenvalue weighted by molar-refractivity contribution is 7.03. The minimum absolute atomic E-state index is 0.0414. The molecule has 0 saturated heterocycles. The number of ether oxygens (including phenoxy) is 1. The van der Waals surface area contributed by atoms with Crippen molar-refractivity contribution in [2.24, 2.45) is 0 Å². The van der Waals surface area contributed by atoms with E-state index in [0.717, 1.165) is 11.5 Å². The standard InChI is InChI=1S/C9H8N2O4S/c1-14-9(13)7-3-2-6(15-7)8(12)5-4-16-11-10-5/h2-4,8,12H,1H3. The van der Waals surface area contributed by atoms with Crippen molar-refractivity contribution >= 4 is 17.5 Å². The lowest BCUT2D eigenvalue weighted by Gasteiger charge is -2.02. The molecule has 0 aliphatic heterocycles. The number of methoxy groups -OCH3 is 1. The largest absolute Gasteiger partial charge is 0.463 e. The van der Waals surface area contributed by atoms with E-state index in [1.807, 2.05) is 0 Å². The van der Waals surface area contributed by atoms with Gasteiger partial charge in [-0.05, 0) is 23.7 Å². The van der Waals surface area contributed by atoms with E-state index < -0.39 is 12.1 Å². The Morgan fingerprint density at radius 3 is 3.06 bits per heavy atom. The number of aliphatic hydroxyl groups excluding tert-OH is 1. The predicted octanol–water partition coefficient (Wildman–Crippen LogP) is 0.999. The number of hydrogen-bond acceptors (Lipinski definition) is 7. The van der Waals surface area contributed by atoms with E-state index in [2.05, 4.69) is 14.3 Å². The van der Waals surface area contributed by atoms with Gasteiger partial charge in [-0.1, -0.05) is 4.49 Å². The van der Waals surface area contributed by atoms with E-state index in [-0.39, 0.29) is 11.5 Å². The first-order valence-electron chi connectivity index (χ1n) is 4.35. The zero-order valence-corrected chi connectivity index (χ0v) is 9.10. The van der Waals surface area contributed by atoms with Crippen molar-refractivity contribution in [1.82, 2.24) is 9.59 Å². The normalized spacial score (nSPS) is 12.4. The molecule has 1 N–H and O–H groups in total. The van der Waals surface area contributed by atoms with Gasteiger partial charge in [0.15, 0.2) is 6.10 Å². The smallest absolute Gasteiger partial charge is 0.373 e. The van der Waals surface area contributed by atoms with E-state index in [1.165, 1.54) is 19.2 Å². The molecule has 1 atom stereocenters. The second kappa shape index (κ2) is 4.42. The number of aromatic nitrogens is 2. The molecule has 16 heavy (non-hydrogen) atoms. The van der Waals surface area contributed by atoms with Crippen LogP contribution in [0.2, 0.25) is 0 Å². The van der Waals surface area contributed by atoms with E-state index >= 15 is 0 Å². The van der Waals surface area contributed by atoms with Crippen LogP contribution in [0, 0.1) is 0 Å². The maximum Gasteiger partial charge on any atom is 0.373 e. The Morgan fingerprint density at radius 2 is 2.44 bits per heavy atom. The fourth-order valence-corrected chi connectivity index (χ4v) is 1.62. The summed E-state index contributed by atoms with van der Waals surface area (Å²) in [4.78, 5) is 11.1. The molecule has 6 nitrogen and oxygen atoms in total. The first-order chi connectivity index (χ1) is 7.72. The summed E-state index contributed by atoms with van der Waals surface area (Å²) in [5.41, 5.74) is 0.385. The van der Waals surface area contributed by atoms with Crippen molar-refractivity contribution in [2.75, 3.05) is 7.11 Å². The Labute approximate surface area is 94.6 Å². The highest BCUT2D eigenvalue weighted by atomic mass is 32.1. The summed E-state index contributed by atoms with van der Waals surface area (Å²) in [6.45, 7) is 0. The average Bonchev–Trinajstić information content (AvgIpc) is 2.97. The molecule has 7 heteroatoms. The molecule has 84 valence electrons. The first-order valence-corrected chi connectivity index (χ1v) is 5.19. The molecular formula is C9H8N2O4S. The Hall–Kier alpha value is -1.73. The summed E-state index contributed by atoms with van der Waals surface area (Å²) in [6, 6.07) is 2.93. The van der Waals surface area contributed by atoms with Crippen LogP contribution in [0.15, 0.2) is 21.9 Å². The number of nitrogens with zero attached hydrogens (tertiary/aromatic N) is 2. The van der Waals surface area contributed by atoms with Gasteiger partial charge >= 0.3 is 5.97 Å². The third-order valence-corrected chi connectivity index (χ3v) is 2.46. The van der Waals surface area contributed by atoms with Gasteiger partial charge in [0, 0.05) is 5.38 Å². The highest BCUT2D eigenvalue weighted by Crippen LogP contribution is 2.23. The van der Waals surface area contributed by atoms with Crippen LogP contribution in [0.25, 0.3) is 0 Å². The summed E-state index contributed by atoms with van der Waals surface area (Å²) in [6.07, 6.45) is -1.02. The van der Waals surface area contributed by atoms with Gasteiger partial charge in [-0.2, -0.15) is 0 Å². The van der Waals surface area contributed by atoms with E-state index in [4.69, 9.17) is 4.42 Å². The minimum atomic E-state index is -1.02. The van der Waals surface area contributed by atoms with Crippen molar-refractivity contribution in [3.05, 3.63) is 34.7 Å². The van der Waals surface area contributed by atoms with Crippen LogP contribution in [0.3, 0.4) is 0 Å². The van der Waals surface area contributed by atoms with Crippen molar-refractivity contribution in [2.45, 2.75) is 6.10 Å². The summed E-state index contributed by atoms with van der Waals surface area (Å²) < 4.78 is 13.2. The van der Waals surface area contributed by atoms with Gasteiger partial charge in [-0.3, -0.25) is 0 Å². The number of carbonyl (C=O) groups is 1. The van der Waals surface area contributed by atoms with Gasteiger partial charge in [-0.15, -0.1) is 5.10 Å². The topological polar surface area (TPSA) is 85.5 Å². The monoisotopic (exact) mass is 240 g/mol. The third kappa shape index (κ3) is 1.95. The average molecular weight is 240 g/mol. The molecule has 0 spiro atoms. The highest BCUT2D eigenvalue weighted by Gasteiger charge is 2.19. The number of carbonyl (C=O) groups excluding carboxylic acids is 1. The second-order valence-electron chi connectivity index (χ2n) is 2.93. The lowest BCUT2D eigenvalue weighted by Crippen LogP contribution is -2.00.